The Morgan fingerprint density at radius 2 is 1.91 bits per heavy atom. The Morgan fingerprint density at radius 3 is 2.53 bits per heavy atom. The van der Waals surface area contributed by atoms with Crippen molar-refractivity contribution in [3.63, 3.8) is 0 Å². The summed E-state index contributed by atoms with van der Waals surface area (Å²) in [5.74, 6) is -0.152. The van der Waals surface area contributed by atoms with Gasteiger partial charge in [-0.3, -0.25) is 10.1 Å². The van der Waals surface area contributed by atoms with Gasteiger partial charge < -0.3 is 19.8 Å². The van der Waals surface area contributed by atoms with Crippen molar-refractivity contribution in [2.24, 2.45) is 5.41 Å². The van der Waals surface area contributed by atoms with E-state index in [0.29, 0.717) is 25.8 Å². The van der Waals surface area contributed by atoms with Gasteiger partial charge in [-0.15, -0.1) is 0 Å². The number of β-amino-alcohol motifs (C(OH)–C–C–N with tert-alkyl or cyclic N) is 1. The first-order chi connectivity index (χ1) is 16.1. The van der Waals surface area contributed by atoms with E-state index in [9.17, 15) is 27.9 Å². The summed E-state index contributed by atoms with van der Waals surface area (Å²) in [6, 6.07) is 0.707. The van der Waals surface area contributed by atoms with Gasteiger partial charge in [-0.1, -0.05) is 0 Å². The van der Waals surface area contributed by atoms with Gasteiger partial charge in [0, 0.05) is 32.4 Å². The molecule has 3 aliphatic rings. The third-order valence-electron chi connectivity index (χ3n) is 7.44. The Morgan fingerprint density at radius 1 is 1.18 bits per heavy atom. The molecule has 2 N–H and O–H groups in total. The van der Waals surface area contributed by atoms with Crippen LogP contribution in [0.25, 0.3) is 0 Å². The molecule has 188 valence electrons. The van der Waals surface area contributed by atoms with Crippen molar-refractivity contribution in [1.29, 1.82) is 0 Å². The highest BCUT2D eigenvalue weighted by atomic mass is 19.4. The van der Waals surface area contributed by atoms with Crippen LogP contribution < -0.4 is 5.32 Å². The van der Waals surface area contributed by atoms with Gasteiger partial charge in [-0.25, -0.2) is 9.78 Å². The molecule has 1 aromatic rings. The molecule has 1 spiro atoms. The van der Waals surface area contributed by atoms with E-state index in [1.165, 1.54) is 4.90 Å². The third kappa shape index (κ3) is 5.46. The smallest absolute Gasteiger partial charge is 0.391 e. The number of rotatable bonds is 6. The van der Waals surface area contributed by atoms with Crippen LogP contribution in [0.15, 0.2) is 18.3 Å². The summed E-state index contributed by atoms with van der Waals surface area (Å²) in [5.41, 5.74) is -0.695. The quantitative estimate of drug-likeness (QED) is 0.608. The predicted molar refractivity (Wildman–Crippen MR) is 119 cm³/mol. The van der Waals surface area contributed by atoms with Gasteiger partial charge in [-0.05, 0) is 69.7 Å². The zero-order valence-electron chi connectivity index (χ0n) is 19.4. The van der Waals surface area contributed by atoms with Gasteiger partial charge in [0.2, 0.25) is 5.91 Å². The number of carbonyl (C=O) groups excluding carboxylic acids is 2. The maximum absolute atomic E-state index is 12.8. The first-order valence-electron chi connectivity index (χ1n) is 11.9. The summed E-state index contributed by atoms with van der Waals surface area (Å²) in [7, 11) is 0. The minimum atomic E-state index is -4.50. The molecule has 2 saturated heterocycles. The number of unbranched alkanes of at least 4 members (excludes halogenated alkanes) is 1. The molecule has 4 rings (SSSR count). The Labute approximate surface area is 197 Å². The van der Waals surface area contributed by atoms with Crippen LogP contribution in [0, 0.1) is 5.41 Å². The van der Waals surface area contributed by atoms with E-state index in [1.54, 1.807) is 11.8 Å². The predicted octanol–water partition coefficient (Wildman–Crippen LogP) is 2.79. The Bertz CT molecular complexity index is 891. The van der Waals surface area contributed by atoms with Crippen molar-refractivity contribution in [3.05, 3.63) is 23.9 Å². The van der Waals surface area contributed by atoms with E-state index in [4.69, 9.17) is 0 Å². The normalized spacial score (nSPS) is 25.0. The molecule has 1 saturated carbocycles. The van der Waals surface area contributed by atoms with Crippen molar-refractivity contribution in [2.45, 2.75) is 57.3 Å². The molecule has 2 atom stereocenters. The first-order valence-corrected chi connectivity index (χ1v) is 11.9. The van der Waals surface area contributed by atoms with Crippen molar-refractivity contribution in [1.82, 2.24) is 19.7 Å². The van der Waals surface area contributed by atoms with Crippen molar-refractivity contribution in [3.8, 4) is 0 Å². The minimum Gasteiger partial charge on any atom is -0.391 e. The number of aliphatic hydroxyl groups is 1. The van der Waals surface area contributed by atoms with E-state index in [0.717, 1.165) is 63.9 Å². The highest BCUT2D eigenvalue weighted by Gasteiger charge is 2.51. The van der Waals surface area contributed by atoms with E-state index < -0.39 is 23.8 Å². The molecular formula is C23H32F3N5O3. The van der Waals surface area contributed by atoms with Gasteiger partial charge in [0.1, 0.15) is 11.9 Å². The lowest BCUT2D eigenvalue weighted by Crippen LogP contribution is -2.58. The number of aromatic nitrogens is 1. The Hall–Kier alpha value is -2.40. The molecule has 3 amide bonds. The lowest BCUT2D eigenvalue weighted by molar-refractivity contribution is -0.139. The van der Waals surface area contributed by atoms with E-state index in [-0.39, 0.29) is 23.2 Å². The summed E-state index contributed by atoms with van der Waals surface area (Å²) < 4.78 is 38.0. The number of hydrogen-bond acceptors (Lipinski definition) is 5. The molecule has 0 aromatic carbocycles. The number of likely N-dealkylation sites (tertiary alicyclic amines) is 1. The van der Waals surface area contributed by atoms with Gasteiger partial charge in [0.25, 0.3) is 0 Å². The number of nitrogens with one attached hydrogen (secondary N) is 1. The number of aliphatic hydroxyl groups excluding tert-OH is 1. The number of piperazine rings is 1. The average Bonchev–Trinajstić information content (AvgIpc) is 3.57. The first kappa shape index (κ1) is 24.7. The molecule has 8 nitrogen and oxygen atoms in total. The number of urea groups is 1. The van der Waals surface area contributed by atoms with Crippen LogP contribution >= 0.6 is 0 Å². The van der Waals surface area contributed by atoms with Gasteiger partial charge in [-0.2, -0.15) is 13.2 Å². The summed E-state index contributed by atoms with van der Waals surface area (Å²) in [6.45, 7) is 5.66. The summed E-state index contributed by atoms with van der Waals surface area (Å²) in [6.07, 6.45) is 1.08. The summed E-state index contributed by atoms with van der Waals surface area (Å²) in [4.78, 5) is 34.5. The zero-order valence-corrected chi connectivity index (χ0v) is 19.4. The molecular weight excluding hydrogens is 451 g/mol. The molecule has 0 bridgehead atoms. The zero-order chi connectivity index (χ0) is 24.5. The monoisotopic (exact) mass is 483 g/mol. The van der Waals surface area contributed by atoms with Crippen LogP contribution in [0.2, 0.25) is 0 Å². The fraction of sp³-hybridized carbons (Fsp3) is 0.696. The molecule has 34 heavy (non-hydrogen) atoms. The number of halogens is 3. The molecule has 11 heteroatoms. The molecule has 2 aliphatic heterocycles. The number of piperidine rings is 1. The van der Waals surface area contributed by atoms with Gasteiger partial charge >= 0.3 is 12.2 Å². The maximum atomic E-state index is 12.8. The second-order valence-electron chi connectivity index (χ2n) is 9.69. The molecule has 0 radical (unpaired) electrons. The molecule has 3 fully saturated rings. The fourth-order valence-corrected chi connectivity index (χ4v) is 4.91. The van der Waals surface area contributed by atoms with E-state index in [1.807, 2.05) is 0 Å². The largest absolute Gasteiger partial charge is 0.417 e. The molecule has 1 aromatic heterocycles. The summed E-state index contributed by atoms with van der Waals surface area (Å²) in [5, 5.41) is 12.8. The minimum absolute atomic E-state index is 0.00415. The van der Waals surface area contributed by atoms with Crippen molar-refractivity contribution in [2.75, 3.05) is 44.6 Å². The van der Waals surface area contributed by atoms with Crippen molar-refractivity contribution < 1.29 is 27.9 Å². The summed E-state index contributed by atoms with van der Waals surface area (Å²) >= 11 is 0. The standard InChI is InChI=1S/C23H32F3N5O3/c1-16-20(33)30(10-3-2-9-29-11-8-22(6-7-22)18(32)15-29)12-13-31(16)21(34)28-19-5-4-17(14-27-19)23(24,25)26/h4-5,14,16,18,32H,2-3,6-13,15H2,1H3,(H,27,28,34)/t16-,18+/m0/s1. The van der Waals surface area contributed by atoms with Crippen LogP contribution in [0.4, 0.5) is 23.8 Å². The maximum Gasteiger partial charge on any atom is 0.417 e. The van der Waals surface area contributed by atoms with Crippen LogP contribution in [0.1, 0.15) is 44.6 Å². The van der Waals surface area contributed by atoms with Crippen LogP contribution in [-0.4, -0.2) is 88.1 Å². The number of anilines is 1. The number of hydrogen-bond donors (Lipinski definition) is 2. The number of nitrogens with zero attached hydrogens (tertiary/aromatic N) is 4. The van der Waals surface area contributed by atoms with Gasteiger partial charge in [0.15, 0.2) is 0 Å². The highest BCUT2D eigenvalue weighted by Crippen LogP contribution is 2.53. The fourth-order valence-electron chi connectivity index (χ4n) is 4.91. The number of amides is 3. The molecule has 1 aliphatic carbocycles. The van der Waals surface area contributed by atoms with Crippen molar-refractivity contribution >= 4 is 17.8 Å². The topological polar surface area (TPSA) is 89.0 Å². The lowest BCUT2D eigenvalue weighted by atomic mass is 9.90. The van der Waals surface area contributed by atoms with Crippen LogP contribution in [-0.2, 0) is 11.0 Å². The Kier molecular flexibility index (Phi) is 7.04. The molecule has 0 unspecified atom stereocenters. The SMILES string of the molecule is C[C@H]1C(=O)N(CCCCN2CCC3(CC3)[C@H](O)C2)CCN1C(=O)Nc1ccc(C(F)(F)F)cn1. The highest BCUT2D eigenvalue weighted by molar-refractivity contribution is 5.93. The van der Waals surface area contributed by atoms with E-state index in [2.05, 4.69) is 15.2 Å². The van der Waals surface area contributed by atoms with Crippen LogP contribution in [0.5, 0.6) is 0 Å². The third-order valence-corrected chi connectivity index (χ3v) is 7.44. The van der Waals surface area contributed by atoms with E-state index >= 15 is 0 Å². The number of carbonyl (C=O) groups is 2. The second kappa shape index (κ2) is 9.69. The average molecular weight is 484 g/mol. The molecule has 3 heterocycles. The second-order valence-corrected chi connectivity index (χ2v) is 9.69. The number of pyridine rings is 1. The number of alkyl halides is 3. The van der Waals surface area contributed by atoms with Crippen LogP contribution in [0.3, 0.4) is 0 Å². The lowest BCUT2D eigenvalue weighted by Gasteiger charge is -2.39. The Balaban J connectivity index is 1.19. The van der Waals surface area contributed by atoms with Gasteiger partial charge in [0.05, 0.1) is 11.7 Å².